The maximum Gasteiger partial charge on any atom is 0.145 e. The smallest absolute Gasteiger partial charge is 0.145 e. The summed E-state index contributed by atoms with van der Waals surface area (Å²) in [4.78, 5) is 0. The fraction of sp³-hybridized carbons (Fsp3) is 0.385. The number of aliphatic hydroxyl groups excluding tert-OH is 1. The lowest BCUT2D eigenvalue weighted by molar-refractivity contribution is 0.189. The van der Waals surface area contributed by atoms with Crippen LogP contribution in [0.1, 0.15) is 30.0 Å². The van der Waals surface area contributed by atoms with Gasteiger partial charge in [-0.05, 0) is 26.0 Å². The first kappa shape index (κ1) is 13.4. The topological polar surface area (TPSA) is 77.6 Å². The number of hydrogen-bond donors (Lipinski definition) is 1. The van der Waals surface area contributed by atoms with Gasteiger partial charge >= 0.3 is 0 Å². The highest BCUT2D eigenvalue weighted by Crippen LogP contribution is 2.30. The average molecular weight is 264 g/mol. The highest BCUT2D eigenvalue weighted by atomic mass is 16.6. The molecule has 19 heavy (non-hydrogen) atoms. The molecule has 1 N–H and O–H groups in total. The highest BCUT2D eigenvalue weighted by Gasteiger charge is 2.12. The van der Waals surface area contributed by atoms with Crippen molar-refractivity contribution >= 4 is 0 Å². The second-order valence-electron chi connectivity index (χ2n) is 4.16. The van der Waals surface area contributed by atoms with Gasteiger partial charge in [0.05, 0.1) is 13.2 Å². The number of rotatable bonds is 5. The fourth-order valence-electron chi connectivity index (χ4n) is 1.64. The van der Waals surface area contributed by atoms with Crippen molar-refractivity contribution in [1.82, 2.24) is 10.3 Å². The van der Waals surface area contributed by atoms with Crippen LogP contribution in [0.5, 0.6) is 11.5 Å². The first-order valence-electron chi connectivity index (χ1n) is 5.88. The van der Waals surface area contributed by atoms with Gasteiger partial charge in [-0.25, -0.2) is 4.63 Å². The van der Waals surface area contributed by atoms with Gasteiger partial charge in [-0.3, -0.25) is 0 Å². The zero-order chi connectivity index (χ0) is 13.8. The average Bonchev–Trinajstić information content (AvgIpc) is 2.81. The summed E-state index contributed by atoms with van der Waals surface area (Å²) < 4.78 is 15.4. The molecule has 0 saturated heterocycles. The van der Waals surface area contributed by atoms with Gasteiger partial charge in [0.15, 0.2) is 0 Å². The number of hydrogen-bond acceptors (Lipinski definition) is 6. The highest BCUT2D eigenvalue weighted by molar-refractivity contribution is 5.41. The maximum absolute atomic E-state index is 9.71. The van der Waals surface area contributed by atoms with Crippen LogP contribution in [0.15, 0.2) is 22.8 Å². The van der Waals surface area contributed by atoms with Crippen LogP contribution in [-0.2, 0) is 6.61 Å². The molecule has 0 aliphatic rings. The Morgan fingerprint density at radius 2 is 2.16 bits per heavy atom. The number of ether oxygens (including phenoxy) is 2. The summed E-state index contributed by atoms with van der Waals surface area (Å²) in [6.45, 7) is 3.69. The first-order chi connectivity index (χ1) is 9.11. The van der Waals surface area contributed by atoms with Crippen LogP contribution < -0.4 is 9.47 Å². The fourth-order valence-corrected chi connectivity index (χ4v) is 1.64. The maximum atomic E-state index is 9.71. The monoisotopic (exact) mass is 264 g/mol. The molecule has 2 rings (SSSR count). The molecule has 102 valence electrons. The number of aliphatic hydroxyl groups is 1. The summed E-state index contributed by atoms with van der Waals surface area (Å²) in [6.07, 6.45) is -0.627. The summed E-state index contributed by atoms with van der Waals surface area (Å²) in [5, 5.41) is 17.1. The number of aryl methyl sites for hydroxylation is 1. The second kappa shape index (κ2) is 5.71. The predicted molar refractivity (Wildman–Crippen MR) is 67.0 cm³/mol. The molecule has 1 atom stereocenters. The lowest BCUT2D eigenvalue weighted by atomic mass is 10.1. The first-order valence-corrected chi connectivity index (χ1v) is 5.88. The van der Waals surface area contributed by atoms with Gasteiger partial charge < -0.3 is 14.6 Å². The number of benzene rings is 1. The molecule has 0 unspecified atom stereocenters. The summed E-state index contributed by atoms with van der Waals surface area (Å²) in [7, 11) is 1.58. The third-order valence-electron chi connectivity index (χ3n) is 2.78. The summed E-state index contributed by atoms with van der Waals surface area (Å²) in [5.41, 5.74) is 2.00. The van der Waals surface area contributed by atoms with E-state index in [1.807, 2.05) is 0 Å². The molecule has 0 aliphatic carbocycles. The Balaban J connectivity index is 2.20. The van der Waals surface area contributed by atoms with Crippen LogP contribution in [0.25, 0.3) is 0 Å². The zero-order valence-electron chi connectivity index (χ0n) is 11.1. The van der Waals surface area contributed by atoms with Crippen molar-refractivity contribution in [3.8, 4) is 11.5 Å². The Hall–Kier alpha value is -2.08. The van der Waals surface area contributed by atoms with E-state index in [4.69, 9.17) is 9.47 Å². The molecule has 0 spiro atoms. The molecule has 1 aromatic carbocycles. The van der Waals surface area contributed by atoms with Crippen molar-refractivity contribution in [3.05, 3.63) is 35.2 Å². The molecule has 0 amide bonds. The normalized spacial score (nSPS) is 12.2. The molecule has 0 aliphatic heterocycles. The quantitative estimate of drug-likeness (QED) is 0.890. The number of methoxy groups -OCH3 is 1. The van der Waals surface area contributed by atoms with E-state index in [1.54, 1.807) is 39.2 Å². The summed E-state index contributed by atoms with van der Waals surface area (Å²) >= 11 is 0. The van der Waals surface area contributed by atoms with Gasteiger partial charge in [-0.15, -0.1) is 0 Å². The minimum Gasteiger partial charge on any atom is -0.497 e. The Bertz CT molecular complexity index is 551. The van der Waals surface area contributed by atoms with E-state index in [9.17, 15) is 5.11 Å². The molecule has 2 aromatic rings. The van der Waals surface area contributed by atoms with Gasteiger partial charge in [0, 0.05) is 11.6 Å². The van der Waals surface area contributed by atoms with E-state index >= 15 is 0 Å². The van der Waals surface area contributed by atoms with Gasteiger partial charge in [0.2, 0.25) is 0 Å². The van der Waals surface area contributed by atoms with Gasteiger partial charge in [-0.1, -0.05) is 10.3 Å². The molecule has 1 heterocycles. The molecule has 6 heteroatoms. The van der Waals surface area contributed by atoms with E-state index in [1.165, 1.54) is 0 Å². The van der Waals surface area contributed by atoms with Crippen molar-refractivity contribution in [3.63, 3.8) is 0 Å². The Morgan fingerprint density at radius 3 is 2.74 bits per heavy atom. The van der Waals surface area contributed by atoms with E-state index in [-0.39, 0.29) is 6.61 Å². The predicted octanol–water partition coefficient (Wildman–Crippen LogP) is 2.02. The Morgan fingerprint density at radius 1 is 1.37 bits per heavy atom. The zero-order valence-corrected chi connectivity index (χ0v) is 11.1. The lowest BCUT2D eigenvalue weighted by Crippen LogP contribution is -2.02. The molecule has 0 saturated carbocycles. The van der Waals surface area contributed by atoms with Crippen molar-refractivity contribution in [2.45, 2.75) is 26.6 Å². The molecule has 0 bridgehead atoms. The minimum atomic E-state index is -0.627. The molecule has 0 radical (unpaired) electrons. The van der Waals surface area contributed by atoms with Crippen molar-refractivity contribution in [2.24, 2.45) is 0 Å². The van der Waals surface area contributed by atoms with Crippen LogP contribution in [0, 0.1) is 6.92 Å². The molecule has 0 fully saturated rings. The summed E-state index contributed by atoms with van der Waals surface area (Å²) in [5.74, 6) is 1.21. The summed E-state index contributed by atoms with van der Waals surface area (Å²) in [6, 6.07) is 5.27. The van der Waals surface area contributed by atoms with Crippen LogP contribution in [0.4, 0.5) is 0 Å². The van der Waals surface area contributed by atoms with E-state index in [0.29, 0.717) is 28.5 Å². The minimum absolute atomic E-state index is 0.224. The third kappa shape index (κ3) is 3.03. The molecule has 1 aromatic heterocycles. The molecular formula is C13H16N2O4. The van der Waals surface area contributed by atoms with Gasteiger partial charge in [0.1, 0.15) is 29.5 Å². The number of nitrogens with zero attached hydrogens (tertiary/aromatic N) is 2. The van der Waals surface area contributed by atoms with Gasteiger partial charge in [-0.2, -0.15) is 0 Å². The third-order valence-corrected chi connectivity index (χ3v) is 2.78. The van der Waals surface area contributed by atoms with Crippen LogP contribution >= 0.6 is 0 Å². The van der Waals surface area contributed by atoms with Crippen LogP contribution in [0.3, 0.4) is 0 Å². The Kier molecular flexibility index (Phi) is 4.01. The second-order valence-corrected chi connectivity index (χ2v) is 4.16. The SMILES string of the molecule is COc1ccc([C@H](C)O)c(OCc2nonc2C)c1. The van der Waals surface area contributed by atoms with Gasteiger partial charge in [0.25, 0.3) is 0 Å². The standard InChI is InChI=1S/C13H16N2O4/c1-8-12(15-19-14-8)7-18-13-6-10(17-3)4-5-11(13)9(2)16/h4-6,9,16H,7H2,1-3H3/t9-/m0/s1. The van der Waals surface area contributed by atoms with Crippen molar-refractivity contribution in [1.29, 1.82) is 0 Å². The van der Waals surface area contributed by atoms with Crippen LogP contribution in [0.2, 0.25) is 0 Å². The molecule has 6 nitrogen and oxygen atoms in total. The lowest BCUT2D eigenvalue weighted by Gasteiger charge is -2.14. The van der Waals surface area contributed by atoms with Crippen LogP contribution in [-0.4, -0.2) is 22.5 Å². The van der Waals surface area contributed by atoms with Crippen molar-refractivity contribution in [2.75, 3.05) is 7.11 Å². The van der Waals surface area contributed by atoms with E-state index in [2.05, 4.69) is 14.9 Å². The van der Waals surface area contributed by atoms with Crippen molar-refractivity contribution < 1.29 is 19.2 Å². The van der Waals surface area contributed by atoms with E-state index < -0.39 is 6.10 Å². The largest absolute Gasteiger partial charge is 0.497 e. The van der Waals surface area contributed by atoms with E-state index in [0.717, 1.165) is 0 Å². The Labute approximate surface area is 110 Å². The number of aromatic nitrogens is 2. The molecular weight excluding hydrogens is 248 g/mol.